The number of likely N-dealkylation sites (tertiary alicyclic amines) is 1. The van der Waals surface area contributed by atoms with Crippen LogP contribution in [0.5, 0.6) is 0 Å². The number of unbranched alkanes of at least 4 members (excludes halogenated alkanes) is 1. The van der Waals surface area contributed by atoms with Crippen molar-refractivity contribution in [2.24, 2.45) is 0 Å². The fourth-order valence-electron chi connectivity index (χ4n) is 1.77. The quantitative estimate of drug-likeness (QED) is 0.513. The SMILES string of the molecule is C=CCCCNC1CCN(C)CC1. The Morgan fingerprint density at radius 1 is 1.46 bits per heavy atom. The maximum absolute atomic E-state index is 3.72. The fourth-order valence-corrected chi connectivity index (χ4v) is 1.77. The topological polar surface area (TPSA) is 15.3 Å². The van der Waals surface area contributed by atoms with Gasteiger partial charge in [-0.1, -0.05) is 6.08 Å². The van der Waals surface area contributed by atoms with Crippen molar-refractivity contribution < 1.29 is 0 Å². The second kappa shape index (κ2) is 6.17. The molecular weight excluding hydrogens is 160 g/mol. The number of rotatable bonds is 5. The molecule has 0 aromatic carbocycles. The predicted octanol–water partition coefficient (Wildman–Crippen LogP) is 1.64. The Labute approximate surface area is 82.0 Å². The van der Waals surface area contributed by atoms with Crippen LogP contribution in [0.15, 0.2) is 12.7 Å². The van der Waals surface area contributed by atoms with Gasteiger partial charge in [-0.25, -0.2) is 0 Å². The van der Waals surface area contributed by atoms with Crippen LogP contribution in [0, 0.1) is 0 Å². The first-order valence-corrected chi connectivity index (χ1v) is 5.35. The van der Waals surface area contributed by atoms with Crippen molar-refractivity contribution in [2.45, 2.75) is 31.7 Å². The number of hydrogen-bond donors (Lipinski definition) is 1. The molecule has 0 unspecified atom stereocenters. The van der Waals surface area contributed by atoms with Gasteiger partial charge in [0.1, 0.15) is 0 Å². The molecule has 0 atom stereocenters. The van der Waals surface area contributed by atoms with E-state index >= 15 is 0 Å². The van der Waals surface area contributed by atoms with E-state index in [0.29, 0.717) is 0 Å². The van der Waals surface area contributed by atoms with Crippen LogP contribution < -0.4 is 5.32 Å². The summed E-state index contributed by atoms with van der Waals surface area (Å²) in [5.74, 6) is 0. The van der Waals surface area contributed by atoms with E-state index in [1.54, 1.807) is 0 Å². The Bertz CT molecular complexity index is 137. The van der Waals surface area contributed by atoms with Gasteiger partial charge in [0.25, 0.3) is 0 Å². The van der Waals surface area contributed by atoms with Crippen molar-refractivity contribution in [3.8, 4) is 0 Å². The third-order valence-corrected chi connectivity index (χ3v) is 2.74. The van der Waals surface area contributed by atoms with Crippen LogP contribution in [0.1, 0.15) is 25.7 Å². The van der Waals surface area contributed by atoms with E-state index in [0.717, 1.165) is 19.0 Å². The number of piperidine rings is 1. The smallest absolute Gasteiger partial charge is 0.00914 e. The zero-order valence-corrected chi connectivity index (χ0v) is 8.76. The molecule has 0 aromatic rings. The largest absolute Gasteiger partial charge is 0.314 e. The lowest BCUT2D eigenvalue weighted by atomic mass is 10.1. The Morgan fingerprint density at radius 2 is 2.15 bits per heavy atom. The second-order valence-corrected chi connectivity index (χ2v) is 3.96. The van der Waals surface area contributed by atoms with Gasteiger partial charge in [0.05, 0.1) is 0 Å². The molecule has 0 spiro atoms. The lowest BCUT2D eigenvalue weighted by Crippen LogP contribution is -2.41. The highest BCUT2D eigenvalue weighted by Gasteiger charge is 2.14. The van der Waals surface area contributed by atoms with Gasteiger partial charge in [-0.2, -0.15) is 0 Å². The molecule has 1 aliphatic rings. The van der Waals surface area contributed by atoms with Gasteiger partial charge in [0, 0.05) is 6.04 Å². The van der Waals surface area contributed by atoms with Crippen molar-refractivity contribution in [1.82, 2.24) is 10.2 Å². The average Bonchev–Trinajstić information content (AvgIpc) is 2.15. The van der Waals surface area contributed by atoms with Crippen molar-refractivity contribution in [1.29, 1.82) is 0 Å². The number of hydrogen-bond acceptors (Lipinski definition) is 2. The highest BCUT2D eigenvalue weighted by atomic mass is 15.1. The van der Waals surface area contributed by atoms with Crippen LogP contribution >= 0.6 is 0 Å². The summed E-state index contributed by atoms with van der Waals surface area (Å²) in [4.78, 5) is 2.40. The molecule has 1 rings (SSSR count). The van der Waals surface area contributed by atoms with Gasteiger partial charge >= 0.3 is 0 Å². The molecule has 13 heavy (non-hydrogen) atoms. The second-order valence-electron chi connectivity index (χ2n) is 3.96. The molecular formula is C11H22N2. The summed E-state index contributed by atoms with van der Waals surface area (Å²) in [7, 11) is 2.20. The van der Waals surface area contributed by atoms with Gasteiger partial charge in [-0.3, -0.25) is 0 Å². The minimum atomic E-state index is 0.765. The van der Waals surface area contributed by atoms with Gasteiger partial charge in [0.15, 0.2) is 0 Å². The third-order valence-electron chi connectivity index (χ3n) is 2.74. The maximum atomic E-state index is 3.72. The van der Waals surface area contributed by atoms with Crippen LogP contribution in [0.3, 0.4) is 0 Å². The minimum absolute atomic E-state index is 0.765. The van der Waals surface area contributed by atoms with Crippen LogP contribution in [0.25, 0.3) is 0 Å². The summed E-state index contributed by atoms with van der Waals surface area (Å²) in [5.41, 5.74) is 0. The van der Waals surface area contributed by atoms with Gasteiger partial charge in [-0.15, -0.1) is 6.58 Å². The van der Waals surface area contributed by atoms with E-state index in [1.165, 1.54) is 32.4 Å². The molecule has 1 aliphatic heterocycles. The highest BCUT2D eigenvalue weighted by molar-refractivity contribution is 4.76. The van der Waals surface area contributed by atoms with Crippen LogP contribution in [-0.2, 0) is 0 Å². The molecule has 1 N–H and O–H groups in total. The van der Waals surface area contributed by atoms with E-state index in [9.17, 15) is 0 Å². The molecule has 1 heterocycles. The van der Waals surface area contributed by atoms with Gasteiger partial charge < -0.3 is 10.2 Å². The lowest BCUT2D eigenvalue weighted by Gasteiger charge is -2.29. The number of nitrogens with one attached hydrogen (secondary N) is 1. The monoisotopic (exact) mass is 182 g/mol. The predicted molar refractivity (Wildman–Crippen MR) is 58.0 cm³/mol. The summed E-state index contributed by atoms with van der Waals surface area (Å²) in [6.07, 6.45) is 6.99. The average molecular weight is 182 g/mol. The fraction of sp³-hybridized carbons (Fsp3) is 0.818. The molecule has 0 aromatic heterocycles. The summed E-state index contributed by atoms with van der Waals surface area (Å²) in [5, 5.41) is 3.60. The molecule has 2 heteroatoms. The number of allylic oxidation sites excluding steroid dienone is 1. The molecule has 1 fully saturated rings. The molecule has 0 aliphatic carbocycles. The normalized spacial score (nSPS) is 20.4. The molecule has 1 saturated heterocycles. The molecule has 0 amide bonds. The van der Waals surface area contributed by atoms with E-state index in [1.807, 2.05) is 6.08 Å². The Balaban J connectivity index is 1.99. The van der Waals surface area contributed by atoms with E-state index in [2.05, 4.69) is 23.8 Å². The standard InChI is InChI=1S/C11H22N2/c1-3-4-5-8-12-11-6-9-13(2)10-7-11/h3,11-12H,1,4-10H2,2H3. The zero-order valence-electron chi connectivity index (χ0n) is 8.76. The molecule has 0 saturated carbocycles. The first-order chi connectivity index (χ1) is 6.33. The van der Waals surface area contributed by atoms with Crippen LogP contribution in [-0.4, -0.2) is 37.6 Å². The summed E-state index contributed by atoms with van der Waals surface area (Å²) in [6.45, 7) is 7.37. The van der Waals surface area contributed by atoms with Crippen LogP contribution in [0.4, 0.5) is 0 Å². The van der Waals surface area contributed by atoms with E-state index in [4.69, 9.17) is 0 Å². The van der Waals surface area contributed by atoms with E-state index < -0.39 is 0 Å². The first-order valence-electron chi connectivity index (χ1n) is 5.35. The lowest BCUT2D eigenvalue weighted by molar-refractivity contribution is 0.235. The highest BCUT2D eigenvalue weighted by Crippen LogP contribution is 2.07. The third kappa shape index (κ3) is 4.44. The Hall–Kier alpha value is -0.340. The van der Waals surface area contributed by atoms with Crippen molar-refractivity contribution in [3.63, 3.8) is 0 Å². The maximum Gasteiger partial charge on any atom is 0.00914 e. The molecule has 2 nitrogen and oxygen atoms in total. The van der Waals surface area contributed by atoms with Gasteiger partial charge in [-0.05, 0) is 52.4 Å². The van der Waals surface area contributed by atoms with Crippen molar-refractivity contribution in [3.05, 3.63) is 12.7 Å². The summed E-state index contributed by atoms with van der Waals surface area (Å²) < 4.78 is 0. The first kappa shape index (κ1) is 10.7. The summed E-state index contributed by atoms with van der Waals surface area (Å²) in [6, 6.07) is 0.765. The zero-order chi connectivity index (χ0) is 9.52. The minimum Gasteiger partial charge on any atom is -0.314 e. The van der Waals surface area contributed by atoms with Gasteiger partial charge in [0.2, 0.25) is 0 Å². The Morgan fingerprint density at radius 3 is 2.77 bits per heavy atom. The number of nitrogens with zero attached hydrogens (tertiary/aromatic N) is 1. The molecule has 0 radical (unpaired) electrons. The molecule has 76 valence electrons. The summed E-state index contributed by atoms with van der Waals surface area (Å²) >= 11 is 0. The van der Waals surface area contributed by atoms with E-state index in [-0.39, 0.29) is 0 Å². The molecule has 0 bridgehead atoms. The Kier molecular flexibility index (Phi) is 5.09. The van der Waals surface area contributed by atoms with Crippen molar-refractivity contribution >= 4 is 0 Å². The van der Waals surface area contributed by atoms with Crippen LogP contribution in [0.2, 0.25) is 0 Å². The van der Waals surface area contributed by atoms with Crippen molar-refractivity contribution in [2.75, 3.05) is 26.7 Å².